The molecule has 0 bridgehead atoms. The largest absolute Gasteiger partial charge is 0.357 e. The molecule has 128 valence electrons. The molecule has 1 amide bonds. The molecule has 0 spiro atoms. The van der Waals surface area contributed by atoms with E-state index in [2.05, 4.69) is 33.7 Å². The van der Waals surface area contributed by atoms with Gasteiger partial charge in [0.15, 0.2) is 0 Å². The first kappa shape index (κ1) is 16.9. The van der Waals surface area contributed by atoms with E-state index in [4.69, 9.17) is 0 Å². The summed E-state index contributed by atoms with van der Waals surface area (Å²) in [5.74, 6) is 1.04. The number of hydrogen-bond donors (Lipinski definition) is 1. The van der Waals surface area contributed by atoms with Crippen LogP contribution in [-0.2, 0) is 4.79 Å². The van der Waals surface area contributed by atoms with Crippen LogP contribution in [0.2, 0.25) is 0 Å². The highest BCUT2D eigenvalue weighted by Crippen LogP contribution is 2.25. The summed E-state index contributed by atoms with van der Waals surface area (Å²) in [6.07, 6.45) is 2.75. The minimum Gasteiger partial charge on any atom is -0.357 e. The number of anilines is 1. The van der Waals surface area contributed by atoms with Gasteiger partial charge >= 0.3 is 0 Å². The number of nitrogens with one attached hydrogen (secondary N) is 1. The molecular weight excluding hydrogens is 320 g/mol. The Labute approximate surface area is 147 Å². The minimum absolute atomic E-state index is 0.0264. The predicted molar refractivity (Wildman–Crippen MR) is 97.3 cm³/mol. The minimum atomic E-state index is -0.0264. The lowest BCUT2D eigenvalue weighted by Gasteiger charge is -2.34. The maximum atomic E-state index is 12.9. The number of aryl methyl sites for hydroxylation is 1. The first-order chi connectivity index (χ1) is 11.7. The van der Waals surface area contributed by atoms with E-state index in [1.807, 2.05) is 30.0 Å². The standard InChI is InChI=1S/C18H24N4OS/c1-3-16(14-7-5-4-6-8-14)17(23)22-11-9-15(10-12-22)20-18-19-13(2)21-24-18/h4-8,15-16H,3,9-12H2,1-2H3,(H,19,20,21)/t16-/m0/s1. The molecule has 0 saturated carbocycles. The molecule has 24 heavy (non-hydrogen) atoms. The highest BCUT2D eigenvalue weighted by Gasteiger charge is 2.28. The second-order valence-electron chi connectivity index (χ2n) is 6.26. The number of nitrogens with zero attached hydrogens (tertiary/aromatic N) is 3. The molecule has 1 N–H and O–H groups in total. The van der Waals surface area contributed by atoms with Crippen LogP contribution in [-0.4, -0.2) is 39.3 Å². The molecule has 1 fully saturated rings. The molecular formula is C18H24N4OS. The van der Waals surface area contributed by atoms with Crippen LogP contribution < -0.4 is 5.32 Å². The van der Waals surface area contributed by atoms with Gasteiger partial charge < -0.3 is 10.2 Å². The van der Waals surface area contributed by atoms with Gasteiger partial charge in [-0.1, -0.05) is 37.3 Å². The molecule has 1 aromatic carbocycles. The maximum absolute atomic E-state index is 12.9. The van der Waals surface area contributed by atoms with E-state index in [0.717, 1.165) is 48.9 Å². The van der Waals surface area contributed by atoms with Crippen molar-refractivity contribution in [1.29, 1.82) is 0 Å². The normalized spacial score (nSPS) is 16.8. The summed E-state index contributed by atoms with van der Waals surface area (Å²) in [6, 6.07) is 10.5. The average Bonchev–Trinajstić information content (AvgIpc) is 3.02. The van der Waals surface area contributed by atoms with Crippen LogP contribution >= 0.6 is 11.5 Å². The van der Waals surface area contributed by atoms with Crippen molar-refractivity contribution in [3.63, 3.8) is 0 Å². The summed E-state index contributed by atoms with van der Waals surface area (Å²) < 4.78 is 4.20. The Bertz CT molecular complexity index is 665. The summed E-state index contributed by atoms with van der Waals surface area (Å²) in [5, 5.41) is 4.33. The fraction of sp³-hybridized carbons (Fsp3) is 0.500. The number of hydrogen-bond acceptors (Lipinski definition) is 5. The summed E-state index contributed by atoms with van der Waals surface area (Å²) in [6.45, 7) is 5.59. The van der Waals surface area contributed by atoms with E-state index >= 15 is 0 Å². The van der Waals surface area contributed by atoms with Crippen molar-refractivity contribution >= 4 is 22.6 Å². The van der Waals surface area contributed by atoms with E-state index in [1.54, 1.807) is 0 Å². The molecule has 1 saturated heterocycles. The fourth-order valence-electron chi connectivity index (χ4n) is 3.23. The zero-order chi connectivity index (χ0) is 16.9. The molecule has 3 rings (SSSR count). The molecule has 2 heterocycles. The van der Waals surface area contributed by atoms with Gasteiger partial charge in [0.05, 0.1) is 5.92 Å². The number of carbonyl (C=O) groups excluding carboxylic acids is 1. The molecule has 1 aliphatic heterocycles. The number of benzene rings is 1. The van der Waals surface area contributed by atoms with Crippen molar-refractivity contribution in [2.24, 2.45) is 0 Å². The molecule has 1 aromatic heterocycles. The lowest BCUT2D eigenvalue weighted by Crippen LogP contribution is -2.44. The predicted octanol–water partition coefficient (Wildman–Crippen LogP) is 3.44. The molecule has 1 atom stereocenters. The Morgan fingerprint density at radius 3 is 2.62 bits per heavy atom. The Balaban J connectivity index is 1.56. The number of piperidine rings is 1. The number of aromatic nitrogens is 2. The van der Waals surface area contributed by atoms with Crippen LogP contribution in [0.1, 0.15) is 43.5 Å². The molecule has 6 heteroatoms. The monoisotopic (exact) mass is 344 g/mol. The van der Waals surface area contributed by atoms with E-state index in [-0.39, 0.29) is 11.8 Å². The van der Waals surface area contributed by atoms with Crippen LogP contribution in [0.4, 0.5) is 5.13 Å². The highest BCUT2D eigenvalue weighted by atomic mass is 32.1. The third kappa shape index (κ3) is 3.93. The SMILES string of the molecule is CC[C@H](C(=O)N1CCC(Nc2nc(C)ns2)CC1)c1ccccc1. The van der Waals surface area contributed by atoms with Gasteiger partial charge in [-0.05, 0) is 31.7 Å². The fourth-order valence-corrected chi connectivity index (χ4v) is 3.88. The van der Waals surface area contributed by atoms with Crippen molar-refractivity contribution in [3.05, 3.63) is 41.7 Å². The van der Waals surface area contributed by atoms with Crippen LogP contribution in [0, 0.1) is 6.92 Å². The average molecular weight is 344 g/mol. The van der Waals surface area contributed by atoms with Crippen LogP contribution in [0.5, 0.6) is 0 Å². The van der Waals surface area contributed by atoms with Gasteiger partial charge in [-0.3, -0.25) is 4.79 Å². The number of likely N-dealkylation sites (tertiary alicyclic amines) is 1. The van der Waals surface area contributed by atoms with Gasteiger partial charge in [0.25, 0.3) is 0 Å². The third-order valence-electron chi connectivity index (χ3n) is 4.57. The summed E-state index contributed by atoms with van der Waals surface area (Å²) in [7, 11) is 0. The lowest BCUT2D eigenvalue weighted by molar-refractivity contribution is -0.133. The molecule has 0 unspecified atom stereocenters. The Kier molecular flexibility index (Phi) is 5.45. The molecule has 2 aromatic rings. The summed E-state index contributed by atoms with van der Waals surface area (Å²) >= 11 is 1.40. The van der Waals surface area contributed by atoms with Crippen molar-refractivity contribution in [3.8, 4) is 0 Å². The highest BCUT2D eigenvalue weighted by molar-refractivity contribution is 7.09. The quantitative estimate of drug-likeness (QED) is 0.903. The van der Waals surface area contributed by atoms with Crippen molar-refractivity contribution < 1.29 is 4.79 Å². The lowest BCUT2D eigenvalue weighted by atomic mass is 9.93. The molecule has 1 aliphatic rings. The number of carbonyl (C=O) groups is 1. The van der Waals surface area contributed by atoms with Crippen LogP contribution in [0.15, 0.2) is 30.3 Å². The summed E-state index contributed by atoms with van der Waals surface area (Å²) in [5.41, 5.74) is 1.12. The Morgan fingerprint density at radius 1 is 1.33 bits per heavy atom. The van der Waals surface area contributed by atoms with E-state index in [1.165, 1.54) is 11.5 Å². The van der Waals surface area contributed by atoms with Crippen molar-refractivity contribution in [1.82, 2.24) is 14.3 Å². The smallest absolute Gasteiger partial charge is 0.230 e. The van der Waals surface area contributed by atoms with Gasteiger partial charge in [0.2, 0.25) is 11.0 Å². The first-order valence-corrected chi connectivity index (χ1v) is 9.35. The maximum Gasteiger partial charge on any atom is 0.230 e. The van der Waals surface area contributed by atoms with Gasteiger partial charge in [-0.15, -0.1) is 0 Å². The van der Waals surface area contributed by atoms with E-state index in [0.29, 0.717) is 6.04 Å². The Hall–Kier alpha value is -1.95. The molecule has 5 nitrogen and oxygen atoms in total. The second kappa shape index (κ2) is 7.75. The van der Waals surface area contributed by atoms with E-state index in [9.17, 15) is 4.79 Å². The second-order valence-corrected chi connectivity index (χ2v) is 7.01. The number of rotatable bonds is 5. The zero-order valence-electron chi connectivity index (χ0n) is 14.2. The summed E-state index contributed by atoms with van der Waals surface area (Å²) in [4.78, 5) is 19.3. The molecule has 0 radical (unpaired) electrons. The van der Waals surface area contributed by atoms with Gasteiger partial charge in [-0.25, -0.2) is 4.98 Å². The van der Waals surface area contributed by atoms with Crippen molar-refractivity contribution in [2.75, 3.05) is 18.4 Å². The van der Waals surface area contributed by atoms with Gasteiger partial charge in [0, 0.05) is 30.7 Å². The number of amides is 1. The first-order valence-electron chi connectivity index (χ1n) is 8.58. The topological polar surface area (TPSA) is 58.1 Å². The molecule has 0 aliphatic carbocycles. The Morgan fingerprint density at radius 2 is 2.04 bits per heavy atom. The van der Waals surface area contributed by atoms with E-state index < -0.39 is 0 Å². The van der Waals surface area contributed by atoms with Crippen molar-refractivity contribution in [2.45, 2.75) is 45.1 Å². The van der Waals surface area contributed by atoms with Gasteiger partial charge in [0.1, 0.15) is 5.82 Å². The van der Waals surface area contributed by atoms with Crippen LogP contribution in [0.3, 0.4) is 0 Å². The van der Waals surface area contributed by atoms with Gasteiger partial charge in [-0.2, -0.15) is 4.37 Å². The zero-order valence-corrected chi connectivity index (χ0v) is 15.1. The van der Waals surface area contributed by atoms with Crippen LogP contribution in [0.25, 0.3) is 0 Å². The third-order valence-corrected chi connectivity index (χ3v) is 5.31.